The molecule has 2 rings (SSSR count). The predicted octanol–water partition coefficient (Wildman–Crippen LogP) is 2.72. The van der Waals surface area contributed by atoms with E-state index in [4.69, 9.17) is 5.11 Å². The van der Waals surface area contributed by atoms with Crippen LogP contribution >= 0.6 is 0 Å². The first-order valence-electron chi connectivity index (χ1n) is 7.66. The molecule has 0 aromatic heterocycles. The minimum absolute atomic E-state index is 0.0602. The van der Waals surface area contributed by atoms with Crippen LogP contribution in [0.15, 0.2) is 0 Å². The van der Waals surface area contributed by atoms with Crippen LogP contribution in [-0.2, 0) is 9.59 Å². The molecular weight excluding hydrogens is 242 g/mol. The molecule has 0 aromatic rings. The number of carbonyl (C=O) groups is 2. The van der Waals surface area contributed by atoms with E-state index in [2.05, 4.69) is 5.32 Å². The van der Waals surface area contributed by atoms with Crippen LogP contribution in [0.5, 0.6) is 0 Å². The summed E-state index contributed by atoms with van der Waals surface area (Å²) < 4.78 is 0. The SMILES string of the molecule is O=C(O)CC(NC(=O)CC1CCCCCC1)C1CC1. The van der Waals surface area contributed by atoms with E-state index in [0.717, 1.165) is 25.7 Å². The standard InChI is InChI=1S/C15H25NO3/c17-14(9-11-5-3-1-2-4-6-11)16-13(10-15(18)19)12-7-8-12/h11-13H,1-10H2,(H,16,17)(H,18,19). The van der Waals surface area contributed by atoms with Gasteiger partial charge in [0.15, 0.2) is 0 Å². The zero-order valence-corrected chi connectivity index (χ0v) is 11.6. The Kier molecular flexibility index (Phi) is 5.23. The maximum atomic E-state index is 12.0. The lowest BCUT2D eigenvalue weighted by Gasteiger charge is -2.19. The highest BCUT2D eigenvalue weighted by Crippen LogP contribution is 2.34. The lowest BCUT2D eigenvalue weighted by atomic mass is 9.96. The fourth-order valence-electron chi connectivity index (χ4n) is 3.12. The first-order valence-corrected chi connectivity index (χ1v) is 7.66. The largest absolute Gasteiger partial charge is 0.481 e. The molecule has 1 atom stereocenters. The van der Waals surface area contributed by atoms with Crippen molar-refractivity contribution in [3.63, 3.8) is 0 Å². The van der Waals surface area contributed by atoms with Gasteiger partial charge in [-0.2, -0.15) is 0 Å². The van der Waals surface area contributed by atoms with Crippen molar-refractivity contribution in [1.82, 2.24) is 5.32 Å². The second-order valence-electron chi connectivity index (χ2n) is 6.17. The number of carbonyl (C=O) groups excluding carboxylic acids is 1. The Balaban J connectivity index is 1.76. The van der Waals surface area contributed by atoms with Gasteiger partial charge in [0.25, 0.3) is 0 Å². The monoisotopic (exact) mass is 267 g/mol. The number of rotatable bonds is 6. The van der Waals surface area contributed by atoms with Gasteiger partial charge in [0.1, 0.15) is 0 Å². The molecule has 2 saturated carbocycles. The van der Waals surface area contributed by atoms with Gasteiger partial charge in [-0.25, -0.2) is 0 Å². The van der Waals surface area contributed by atoms with Gasteiger partial charge in [-0.15, -0.1) is 0 Å². The highest BCUT2D eigenvalue weighted by atomic mass is 16.4. The van der Waals surface area contributed by atoms with Gasteiger partial charge in [0.05, 0.1) is 6.42 Å². The summed E-state index contributed by atoms with van der Waals surface area (Å²) >= 11 is 0. The van der Waals surface area contributed by atoms with Crippen LogP contribution in [0.1, 0.15) is 64.2 Å². The molecule has 2 fully saturated rings. The van der Waals surface area contributed by atoms with Crippen LogP contribution in [0, 0.1) is 11.8 Å². The van der Waals surface area contributed by atoms with Gasteiger partial charge in [-0.3, -0.25) is 9.59 Å². The van der Waals surface area contributed by atoms with Crippen molar-refractivity contribution in [1.29, 1.82) is 0 Å². The summed E-state index contributed by atoms with van der Waals surface area (Å²) in [6.45, 7) is 0. The quantitative estimate of drug-likeness (QED) is 0.727. The minimum Gasteiger partial charge on any atom is -0.481 e. The van der Waals surface area contributed by atoms with E-state index >= 15 is 0 Å². The number of carboxylic acids is 1. The molecule has 0 bridgehead atoms. The average molecular weight is 267 g/mol. The number of nitrogens with one attached hydrogen (secondary N) is 1. The van der Waals surface area contributed by atoms with Crippen molar-refractivity contribution in [3.8, 4) is 0 Å². The molecule has 4 heteroatoms. The van der Waals surface area contributed by atoms with Crippen molar-refractivity contribution < 1.29 is 14.7 Å². The van der Waals surface area contributed by atoms with E-state index in [9.17, 15) is 9.59 Å². The molecule has 0 aromatic carbocycles. The predicted molar refractivity (Wildman–Crippen MR) is 72.7 cm³/mol. The Morgan fingerprint density at radius 2 is 1.68 bits per heavy atom. The number of hydrogen-bond donors (Lipinski definition) is 2. The summed E-state index contributed by atoms with van der Waals surface area (Å²) in [6.07, 6.45) is 10.1. The van der Waals surface area contributed by atoms with Crippen LogP contribution in [0.4, 0.5) is 0 Å². The minimum atomic E-state index is -0.813. The van der Waals surface area contributed by atoms with E-state index < -0.39 is 5.97 Å². The Hall–Kier alpha value is -1.06. The van der Waals surface area contributed by atoms with Crippen LogP contribution < -0.4 is 5.32 Å². The van der Waals surface area contributed by atoms with Gasteiger partial charge in [-0.1, -0.05) is 25.7 Å². The first kappa shape index (κ1) is 14.4. The van der Waals surface area contributed by atoms with Crippen molar-refractivity contribution in [3.05, 3.63) is 0 Å². The Morgan fingerprint density at radius 1 is 1.05 bits per heavy atom. The van der Waals surface area contributed by atoms with Crippen LogP contribution in [-0.4, -0.2) is 23.0 Å². The van der Waals surface area contributed by atoms with E-state index in [1.165, 1.54) is 25.7 Å². The van der Waals surface area contributed by atoms with Gasteiger partial charge in [-0.05, 0) is 37.5 Å². The Labute approximate surface area is 115 Å². The van der Waals surface area contributed by atoms with Crippen molar-refractivity contribution in [2.75, 3.05) is 0 Å². The molecule has 0 spiro atoms. The molecule has 4 nitrogen and oxygen atoms in total. The van der Waals surface area contributed by atoms with Gasteiger partial charge >= 0.3 is 5.97 Å². The fraction of sp³-hybridized carbons (Fsp3) is 0.867. The van der Waals surface area contributed by atoms with E-state index in [0.29, 0.717) is 18.3 Å². The highest BCUT2D eigenvalue weighted by Gasteiger charge is 2.33. The molecule has 108 valence electrons. The summed E-state index contributed by atoms with van der Waals surface area (Å²) in [5, 5.41) is 11.8. The molecule has 0 aliphatic heterocycles. The lowest BCUT2D eigenvalue weighted by Crippen LogP contribution is -2.38. The summed E-state index contributed by atoms with van der Waals surface area (Å²) in [5.41, 5.74) is 0. The summed E-state index contributed by atoms with van der Waals surface area (Å²) in [4.78, 5) is 22.9. The second kappa shape index (κ2) is 6.92. The molecular formula is C15H25NO3. The third-order valence-corrected chi connectivity index (χ3v) is 4.38. The van der Waals surface area contributed by atoms with Crippen molar-refractivity contribution in [2.24, 2.45) is 11.8 Å². The normalized spacial score (nSPS) is 22.5. The molecule has 19 heavy (non-hydrogen) atoms. The number of aliphatic carboxylic acids is 1. The van der Waals surface area contributed by atoms with Crippen molar-refractivity contribution in [2.45, 2.75) is 70.3 Å². The number of amides is 1. The van der Waals surface area contributed by atoms with Gasteiger partial charge in [0.2, 0.25) is 5.91 Å². The molecule has 0 radical (unpaired) electrons. The lowest BCUT2D eigenvalue weighted by molar-refractivity contribution is -0.137. The smallest absolute Gasteiger partial charge is 0.305 e. The first-order chi connectivity index (χ1) is 9.15. The third kappa shape index (κ3) is 5.21. The van der Waals surface area contributed by atoms with Crippen LogP contribution in [0.25, 0.3) is 0 Å². The summed E-state index contributed by atoms with van der Waals surface area (Å²) in [5.74, 6) is 0.151. The zero-order chi connectivity index (χ0) is 13.7. The fourth-order valence-corrected chi connectivity index (χ4v) is 3.12. The molecule has 2 aliphatic rings. The molecule has 0 heterocycles. The van der Waals surface area contributed by atoms with Crippen molar-refractivity contribution >= 4 is 11.9 Å². The van der Waals surface area contributed by atoms with E-state index in [-0.39, 0.29) is 18.4 Å². The zero-order valence-electron chi connectivity index (χ0n) is 11.6. The summed E-state index contributed by atoms with van der Waals surface area (Å²) in [7, 11) is 0. The molecule has 2 aliphatic carbocycles. The van der Waals surface area contributed by atoms with Crippen LogP contribution in [0.2, 0.25) is 0 Å². The average Bonchev–Trinajstić information content (AvgIpc) is 3.15. The third-order valence-electron chi connectivity index (χ3n) is 4.38. The van der Waals surface area contributed by atoms with Crippen LogP contribution in [0.3, 0.4) is 0 Å². The van der Waals surface area contributed by atoms with Gasteiger partial charge in [0, 0.05) is 12.5 Å². The molecule has 1 amide bonds. The van der Waals surface area contributed by atoms with Gasteiger partial charge < -0.3 is 10.4 Å². The highest BCUT2D eigenvalue weighted by molar-refractivity contribution is 5.77. The molecule has 0 saturated heterocycles. The maximum absolute atomic E-state index is 12.0. The Morgan fingerprint density at radius 3 is 2.21 bits per heavy atom. The number of carboxylic acid groups (broad SMARTS) is 1. The van der Waals surface area contributed by atoms with E-state index in [1.54, 1.807) is 0 Å². The maximum Gasteiger partial charge on any atom is 0.305 e. The Bertz CT molecular complexity index is 317. The second-order valence-corrected chi connectivity index (χ2v) is 6.17. The topological polar surface area (TPSA) is 66.4 Å². The molecule has 1 unspecified atom stereocenters. The number of hydrogen-bond acceptors (Lipinski definition) is 2. The molecule has 2 N–H and O–H groups in total. The summed E-state index contributed by atoms with van der Waals surface area (Å²) in [6, 6.07) is -0.143. The van der Waals surface area contributed by atoms with E-state index in [1.807, 2.05) is 0 Å².